The number of carbonyl (C=O) groups is 1. The van der Waals surface area contributed by atoms with Gasteiger partial charge in [0.25, 0.3) is 0 Å². The van der Waals surface area contributed by atoms with E-state index < -0.39 is 6.04 Å². The Hall–Kier alpha value is -1.84. The third kappa shape index (κ3) is 3.74. The first-order valence-electron chi connectivity index (χ1n) is 7.84. The van der Waals surface area contributed by atoms with E-state index in [2.05, 4.69) is 36.4 Å². The third-order valence-corrected chi connectivity index (χ3v) is 4.36. The molecule has 4 heteroatoms. The van der Waals surface area contributed by atoms with Gasteiger partial charge in [-0.1, -0.05) is 54.6 Å². The molecule has 3 nitrogen and oxygen atoms in total. The highest BCUT2D eigenvalue weighted by atomic mass is 35.5. The van der Waals surface area contributed by atoms with E-state index in [0.29, 0.717) is 0 Å². The van der Waals surface area contributed by atoms with Crippen molar-refractivity contribution in [3.05, 3.63) is 71.3 Å². The molecule has 1 amide bonds. The highest BCUT2D eigenvalue weighted by molar-refractivity contribution is 5.85. The van der Waals surface area contributed by atoms with Gasteiger partial charge in [-0.25, -0.2) is 0 Å². The second-order valence-corrected chi connectivity index (χ2v) is 5.97. The molecule has 0 saturated carbocycles. The van der Waals surface area contributed by atoms with Crippen LogP contribution in [0.3, 0.4) is 0 Å². The molecule has 0 saturated heterocycles. The second kappa shape index (κ2) is 7.62. The molecule has 2 atom stereocenters. The molecule has 1 unspecified atom stereocenters. The Morgan fingerprint density at radius 2 is 1.83 bits per heavy atom. The normalized spacial score (nSPS) is 17.8. The topological polar surface area (TPSA) is 46.3 Å². The number of halogens is 1. The predicted molar refractivity (Wildman–Crippen MR) is 95.6 cm³/mol. The molecular formula is C19H23ClN2O. The van der Waals surface area contributed by atoms with Crippen LogP contribution in [0, 0.1) is 0 Å². The molecule has 122 valence electrons. The van der Waals surface area contributed by atoms with Gasteiger partial charge in [0.2, 0.25) is 5.91 Å². The average Bonchev–Trinajstić information content (AvgIpc) is 2.55. The van der Waals surface area contributed by atoms with Crippen LogP contribution in [0.2, 0.25) is 0 Å². The number of nitrogens with two attached hydrogens (primary N) is 1. The lowest BCUT2D eigenvalue weighted by Gasteiger charge is -2.38. The molecule has 0 aliphatic carbocycles. The van der Waals surface area contributed by atoms with Gasteiger partial charge < -0.3 is 10.6 Å². The Labute approximate surface area is 143 Å². The van der Waals surface area contributed by atoms with Gasteiger partial charge in [-0.3, -0.25) is 4.79 Å². The van der Waals surface area contributed by atoms with E-state index >= 15 is 0 Å². The number of fused-ring (bicyclic) bond motifs is 1. The van der Waals surface area contributed by atoms with Crippen LogP contribution < -0.4 is 5.73 Å². The van der Waals surface area contributed by atoms with Crippen LogP contribution in [-0.2, 0) is 17.6 Å². The average molecular weight is 331 g/mol. The largest absolute Gasteiger partial charge is 0.334 e. The first-order chi connectivity index (χ1) is 10.7. The second-order valence-electron chi connectivity index (χ2n) is 5.97. The maximum atomic E-state index is 12.5. The summed E-state index contributed by atoms with van der Waals surface area (Å²) in [7, 11) is 0. The number of amides is 1. The van der Waals surface area contributed by atoms with Crippen molar-refractivity contribution in [1.82, 2.24) is 4.90 Å². The zero-order chi connectivity index (χ0) is 15.5. The van der Waals surface area contributed by atoms with Gasteiger partial charge in [0.15, 0.2) is 0 Å². The summed E-state index contributed by atoms with van der Waals surface area (Å²) in [6.07, 6.45) is 1.73. The van der Waals surface area contributed by atoms with Crippen molar-refractivity contribution >= 4 is 18.3 Å². The van der Waals surface area contributed by atoms with Gasteiger partial charge in [0.1, 0.15) is 0 Å². The highest BCUT2D eigenvalue weighted by Gasteiger charge is 2.31. The lowest BCUT2D eigenvalue weighted by atomic mass is 9.88. The Morgan fingerprint density at radius 3 is 2.52 bits per heavy atom. The number of benzene rings is 2. The van der Waals surface area contributed by atoms with E-state index in [4.69, 9.17) is 5.73 Å². The first kappa shape index (κ1) is 17.5. The number of rotatable bonds is 3. The first-order valence-corrected chi connectivity index (χ1v) is 7.84. The smallest absolute Gasteiger partial charge is 0.239 e. The van der Waals surface area contributed by atoms with Crippen LogP contribution >= 0.6 is 12.4 Å². The molecule has 1 aliphatic rings. The van der Waals surface area contributed by atoms with E-state index in [-0.39, 0.29) is 24.4 Å². The standard InChI is InChI=1S/C19H22N2O.ClH/c1-14(20)19(22)21-12-11-16-9-5-6-10-17(16)18(21)13-15-7-3-2-4-8-15;/h2-10,14,18H,11-13,20H2,1H3;1H/t14-,18?;/m1./s1. The number of nitrogens with zero attached hydrogens (tertiary/aromatic N) is 1. The van der Waals surface area contributed by atoms with Crippen molar-refractivity contribution in [2.45, 2.75) is 31.8 Å². The summed E-state index contributed by atoms with van der Waals surface area (Å²) in [6, 6.07) is 18.4. The minimum atomic E-state index is -0.455. The zero-order valence-corrected chi connectivity index (χ0v) is 14.1. The molecular weight excluding hydrogens is 308 g/mol. The summed E-state index contributed by atoms with van der Waals surface area (Å²) in [5.74, 6) is 0.0374. The Kier molecular flexibility index (Phi) is 5.80. The van der Waals surface area contributed by atoms with E-state index in [1.807, 2.05) is 23.1 Å². The predicted octanol–water partition coefficient (Wildman–Crippen LogP) is 3.12. The van der Waals surface area contributed by atoms with E-state index in [1.54, 1.807) is 6.92 Å². The van der Waals surface area contributed by atoms with Crippen LogP contribution in [0.1, 0.15) is 29.7 Å². The quantitative estimate of drug-likeness (QED) is 0.939. The minimum Gasteiger partial charge on any atom is -0.334 e. The Balaban J connectivity index is 0.00000192. The van der Waals surface area contributed by atoms with Crippen LogP contribution in [-0.4, -0.2) is 23.4 Å². The summed E-state index contributed by atoms with van der Waals surface area (Å²) in [4.78, 5) is 14.5. The summed E-state index contributed by atoms with van der Waals surface area (Å²) < 4.78 is 0. The van der Waals surface area contributed by atoms with Gasteiger partial charge in [-0.05, 0) is 36.5 Å². The summed E-state index contributed by atoms with van der Waals surface area (Å²) in [5.41, 5.74) is 9.69. The van der Waals surface area contributed by atoms with Crippen molar-refractivity contribution in [3.63, 3.8) is 0 Å². The van der Waals surface area contributed by atoms with Crippen LogP contribution in [0.5, 0.6) is 0 Å². The number of hydrogen-bond acceptors (Lipinski definition) is 2. The molecule has 0 fully saturated rings. The number of hydrogen-bond donors (Lipinski definition) is 1. The molecule has 2 aromatic carbocycles. The van der Waals surface area contributed by atoms with E-state index in [0.717, 1.165) is 19.4 Å². The van der Waals surface area contributed by atoms with Gasteiger partial charge in [0.05, 0.1) is 12.1 Å². The molecule has 2 aromatic rings. The van der Waals surface area contributed by atoms with Gasteiger partial charge in [0, 0.05) is 6.54 Å². The Bertz CT molecular complexity index is 657. The summed E-state index contributed by atoms with van der Waals surface area (Å²) >= 11 is 0. The lowest BCUT2D eigenvalue weighted by Crippen LogP contribution is -2.47. The monoisotopic (exact) mass is 330 g/mol. The van der Waals surface area contributed by atoms with Crippen molar-refractivity contribution in [2.24, 2.45) is 5.73 Å². The van der Waals surface area contributed by atoms with Gasteiger partial charge in [-0.15, -0.1) is 12.4 Å². The molecule has 0 bridgehead atoms. The van der Waals surface area contributed by atoms with Crippen molar-refractivity contribution in [2.75, 3.05) is 6.54 Å². The van der Waals surface area contributed by atoms with Crippen molar-refractivity contribution in [1.29, 1.82) is 0 Å². The van der Waals surface area contributed by atoms with E-state index in [1.165, 1.54) is 16.7 Å². The SMILES string of the molecule is C[C@@H](N)C(=O)N1CCc2ccccc2C1Cc1ccccc1.Cl. The summed E-state index contributed by atoms with van der Waals surface area (Å²) in [6.45, 7) is 2.51. The molecule has 3 rings (SSSR count). The lowest BCUT2D eigenvalue weighted by molar-refractivity contribution is -0.135. The van der Waals surface area contributed by atoms with Gasteiger partial charge in [-0.2, -0.15) is 0 Å². The molecule has 0 spiro atoms. The maximum absolute atomic E-state index is 12.5. The molecule has 0 aromatic heterocycles. The molecule has 2 N–H and O–H groups in total. The van der Waals surface area contributed by atoms with Crippen molar-refractivity contribution in [3.8, 4) is 0 Å². The highest BCUT2D eigenvalue weighted by Crippen LogP contribution is 2.32. The Morgan fingerprint density at radius 1 is 1.17 bits per heavy atom. The third-order valence-electron chi connectivity index (χ3n) is 4.36. The molecule has 1 aliphatic heterocycles. The van der Waals surface area contributed by atoms with Gasteiger partial charge >= 0.3 is 0 Å². The van der Waals surface area contributed by atoms with Crippen molar-refractivity contribution < 1.29 is 4.79 Å². The van der Waals surface area contributed by atoms with Crippen LogP contribution in [0.25, 0.3) is 0 Å². The van der Waals surface area contributed by atoms with E-state index in [9.17, 15) is 4.79 Å². The fourth-order valence-corrected chi connectivity index (χ4v) is 3.23. The maximum Gasteiger partial charge on any atom is 0.239 e. The number of carbonyl (C=O) groups excluding carboxylic acids is 1. The summed E-state index contributed by atoms with van der Waals surface area (Å²) in [5, 5.41) is 0. The molecule has 0 radical (unpaired) electrons. The fraction of sp³-hybridized carbons (Fsp3) is 0.316. The zero-order valence-electron chi connectivity index (χ0n) is 13.3. The fourth-order valence-electron chi connectivity index (χ4n) is 3.23. The molecule has 1 heterocycles. The molecule has 23 heavy (non-hydrogen) atoms. The van der Waals surface area contributed by atoms with Crippen LogP contribution in [0.15, 0.2) is 54.6 Å². The van der Waals surface area contributed by atoms with Crippen LogP contribution in [0.4, 0.5) is 0 Å². The minimum absolute atomic E-state index is 0.